The Bertz CT molecular complexity index is 813. The zero-order chi connectivity index (χ0) is 12.7. The first kappa shape index (κ1) is 10.6. The van der Waals surface area contributed by atoms with E-state index in [2.05, 4.69) is 0 Å². The van der Waals surface area contributed by atoms with Gasteiger partial charge in [0, 0.05) is 12.1 Å². The van der Waals surface area contributed by atoms with Crippen molar-refractivity contribution < 1.29 is 13.9 Å². The van der Waals surface area contributed by atoms with Gasteiger partial charge in [0.1, 0.15) is 5.75 Å². The highest BCUT2D eigenvalue weighted by Gasteiger charge is 2.11. The highest BCUT2D eigenvalue weighted by molar-refractivity contribution is 5.81. The van der Waals surface area contributed by atoms with Crippen molar-refractivity contribution in [1.82, 2.24) is 4.40 Å². The van der Waals surface area contributed by atoms with Crippen molar-refractivity contribution in [2.75, 3.05) is 7.11 Å². The van der Waals surface area contributed by atoms with Gasteiger partial charge in [-0.25, -0.2) is 4.40 Å². The fraction of sp³-hybridized carbons (Fsp3) is 0.0769. The van der Waals surface area contributed by atoms with E-state index in [9.17, 15) is 9.59 Å². The fourth-order valence-corrected chi connectivity index (χ4v) is 1.93. The maximum Gasteiger partial charge on any atom is 0.268 e. The highest BCUT2D eigenvalue weighted by Crippen LogP contribution is 2.23. The molecule has 0 N–H and O–H groups in total. The summed E-state index contributed by atoms with van der Waals surface area (Å²) in [5, 5.41) is 0. The number of methoxy groups -OCH3 is 1. The van der Waals surface area contributed by atoms with E-state index in [-0.39, 0.29) is 5.56 Å². The molecule has 5 heteroatoms. The molecule has 18 heavy (non-hydrogen) atoms. The number of ether oxygens (including phenoxy) is 1. The number of fused-ring (bicyclic) bond motifs is 3. The minimum absolute atomic E-state index is 0.0954. The van der Waals surface area contributed by atoms with Gasteiger partial charge >= 0.3 is 0 Å². The average molecular weight is 243 g/mol. The Balaban J connectivity index is 2.52. The Hall–Kier alpha value is -2.56. The van der Waals surface area contributed by atoms with Gasteiger partial charge in [-0.2, -0.15) is 0 Å². The van der Waals surface area contributed by atoms with Gasteiger partial charge in [0.25, 0.3) is 5.56 Å². The Labute approximate surface area is 101 Å². The number of nitrogens with zero attached hydrogens (tertiary/aromatic N) is 1. The van der Waals surface area contributed by atoms with Gasteiger partial charge in [0.15, 0.2) is 11.9 Å². The molecule has 0 bridgehead atoms. The molecular weight excluding hydrogens is 234 g/mol. The van der Waals surface area contributed by atoms with Crippen LogP contribution in [0.2, 0.25) is 0 Å². The predicted octanol–water partition coefficient (Wildman–Crippen LogP) is 1.87. The molecule has 1 aromatic carbocycles. The molecular formula is C13H9NO4. The van der Waals surface area contributed by atoms with Crippen molar-refractivity contribution >= 4 is 23.1 Å². The van der Waals surface area contributed by atoms with E-state index >= 15 is 0 Å². The third-order valence-corrected chi connectivity index (χ3v) is 2.82. The second kappa shape index (κ2) is 3.73. The third kappa shape index (κ3) is 1.34. The summed E-state index contributed by atoms with van der Waals surface area (Å²) in [6, 6.07) is 8.21. The Morgan fingerprint density at radius 3 is 2.83 bits per heavy atom. The van der Waals surface area contributed by atoms with Gasteiger partial charge in [-0.3, -0.25) is 9.59 Å². The smallest absolute Gasteiger partial charge is 0.268 e. The van der Waals surface area contributed by atoms with Gasteiger partial charge in [-0.15, -0.1) is 0 Å². The molecule has 0 aliphatic heterocycles. The topological polar surface area (TPSA) is 60.9 Å². The molecule has 0 spiro atoms. The van der Waals surface area contributed by atoms with Crippen LogP contribution in [0.5, 0.6) is 5.75 Å². The van der Waals surface area contributed by atoms with E-state index in [0.29, 0.717) is 28.8 Å². The SMILES string of the molecule is COc1ccc2oc3ccc(C=O)c(=O)n3c2c1. The second-order valence-electron chi connectivity index (χ2n) is 3.82. The number of carbonyl (C=O) groups is 1. The summed E-state index contributed by atoms with van der Waals surface area (Å²) >= 11 is 0. The van der Waals surface area contributed by atoms with Crippen LogP contribution in [0.25, 0.3) is 16.8 Å². The summed E-state index contributed by atoms with van der Waals surface area (Å²) in [5.41, 5.74) is 1.25. The molecule has 0 saturated heterocycles. The molecule has 0 atom stereocenters. The first-order valence-corrected chi connectivity index (χ1v) is 5.32. The highest BCUT2D eigenvalue weighted by atomic mass is 16.5. The first-order valence-electron chi connectivity index (χ1n) is 5.32. The van der Waals surface area contributed by atoms with Gasteiger partial charge < -0.3 is 9.15 Å². The first-order chi connectivity index (χ1) is 8.74. The van der Waals surface area contributed by atoms with E-state index in [1.165, 1.54) is 10.5 Å². The van der Waals surface area contributed by atoms with Crippen molar-refractivity contribution in [2.24, 2.45) is 0 Å². The number of hydrogen-bond acceptors (Lipinski definition) is 4. The summed E-state index contributed by atoms with van der Waals surface area (Å²) < 4.78 is 12.0. The zero-order valence-corrected chi connectivity index (χ0v) is 9.54. The van der Waals surface area contributed by atoms with Crippen molar-refractivity contribution in [3.63, 3.8) is 0 Å². The van der Waals surface area contributed by atoms with E-state index < -0.39 is 5.56 Å². The minimum Gasteiger partial charge on any atom is -0.497 e. The number of pyridine rings is 1. The molecule has 2 heterocycles. The maximum absolute atomic E-state index is 12.1. The monoisotopic (exact) mass is 243 g/mol. The Kier molecular flexibility index (Phi) is 2.19. The van der Waals surface area contributed by atoms with Crippen molar-refractivity contribution in [1.29, 1.82) is 0 Å². The Morgan fingerprint density at radius 2 is 2.11 bits per heavy atom. The van der Waals surface area contributed by atoms with Crippen LogP contribution < -0.4 is 10.3 Å². The molecule has 0 unspecified atom stereocenters. The molecule has 0 radical (unpaired) electrons. The van der Waals surface area contributed by atoms with Gasteiger partial charge in [-0.05, 0) is 18.2 Å². The van der Waals surface area contributed by atoms with Gasteiger partial charge in [0.2, 0.25) is 5.71 Å². The molecule has 0 aliphatic carbocycles. The largest absolute Gasteiger partial charge is 0.497 e. The van der Waals surface area contributed by atoms with Crippen LogP contribution in [-0.2, 0) is 0 Å². The summed E-state index contributed by atoms with van der Waals surface area (Å²) in [6.45, 7) is 0. The average Bonchev–Trinajstić information content (AvgIpc) is 2.77. The molecule has 3 rings (SSSR count). The van der Waals surface area contributed by atoms with E-state index in [1.54, 1.807) is 31.4 Å². The molecule has 0 saturated carbocycles. The number of benzene rings is 1. The van der Waals surface area contributed by atoms with E-state index in [4.69, 9.17) is 9.15 Å². The summed E-state index contributed by atoms with van der Waals surface area (Å²) in [4.78, 5) is 22.8. The standard InChI is InChI=1S/C13H9NO4/c1-17-9-3-4-11-10(6-9)14-12(18-11)5-2-8(7-15)13(14)16/h2-7H,1H3. The molecule has 0 amide bonds. The lowest BCUT2D eigenvalue weighted by atomic mass is 10.3. The predicted molar refractivity (Wildman–Crippen MR) is 65.4 cm³/mol. The number of oxazole rings is 1. The van der Waals surface area contributed by atoms with Crippen molar-refractivity contribution in [2.45, 2.75) is 0 Å². The maximum atomic E-state index is 12.1. The van der Waals surface area contributed by atoms with Gasteiger partial charge in [0.05, 0.1) is 18.2 Å². The van der Waals surface area contributed by atoms with Crippen LogP contribution in [0.4, 0.5) is 0 Å². The molecule has 5 nitrogen and oxygen atoms in total. The number of rotatable bonds is 2. The van der Waals surface area contributed by atoms with E-state index in [0.717, 1.165) is 0 Å². The normalized spacial score (nSPS) is 10.9. The lowest BCUT2D eigenvalue weighted by Crippen LogP contribution is -2.16. The van der Waals surface area contributed by atoms with E-state index in [1.807, 2.05) is 0 Å². The summed E-state index contributed by atoms with van der Waals surface area (Å²) in [6.07, 6.45) is 0.535. The molecule has 0 aliphatic rings. The van der Waals surface area contributed by atoms with Crippen LogP contribution >= 0.6 is 0 Å². The quantitative estimate of drug-likeness (QED) is 0.644. The molecule has 90 valence electrons. The molecule has 0 fully saturated rings. The van der Waals surface area contributed by atoms with Crippen LogP contribution in [0.1, 0.15) is 10.4 Å². The van der Waals surface area contributed by atoms with Gasteiger partial charge in [-0.1, -0.05) is 0 Å². The zero-order valence-electron chi connectivity index (χ0n) is 9.54. The Morgan fingerprint density at radius 1 is 1.28 bits per heavy atom. The lowest BCUT2D eigenvalue weighted by molar-refractivity contribution is 0.112. The van der Waals surface area contributed by atoms with Crippen LogP contribution in [0, 0.1) is 0 Å². The van der Waals surface area contributed by atoms with Crippen molar-refractivity contribution in [3.8, 4) is 5.75 Å². The number of aromatic nitrogens is 1. The number of hydrogen-bond donors (Lipinski definition) is 0. The van der Waals surface area contributed by atoms with Crippen LogP contribution in [0.3, 0.4) is 0 Å². The van der Waals surface area contributed by atoms with Crippen molar-refractivity contribution in [3.05, 3.63) is 46.2 Å². The van der Waals surface area contributed by atoms with Crippen LogP contribution in [-0.4, -0.2) is 17.8 Å². The lowest BCUT2D eigenvalue weighted by Gasteiger charge is -1.98. The molecule has 3 aromatic rings. The third-order valence-electron chi connectivity index (χ3n) is 2.82. The second-order valence-corrected chi connectivity index (χ2v) is 3.82. The summed E-state index contributed by atoms with van der Waals surface area (Å²) in [5.74, 6) is 0.619. The van der Waals surface area contributed by atoms with Crippen LogP contribution in [0.15, 0.2) is 39.5 Å². The summed E-state index contributed by atoms with van der Waals surface area (Å²) in [7, 11) is 1.54. The fourth-order valence-electron chi connectivity index (χ4n) is 1.93. The number of carbonyl (C=O) groups excluding carboxylic acids is 1. The minimum atomic E-state index is -0.394. The number of aldehydes is 1. The molecule has 2 aromatic heterocycles.